The summed E-state index contributed by atoms with van der Waals surface area (Å²) in [6, 6.07) is 7.84. The number of nitrogens with zero attached hydrogens (tertiary/aromatic N) is 2. The van der Waals surface area contributed by atoms with Crippen molar-refractivity contribution in [2.45, 2.75) is 13.0 Å². The fourth-order valence-electron chi connectivity index (χ4n) is 3.13. The van der Waals surface area contributed by atoms with Crippen LogP contribution in [0.1, 0.15) is 28.4 Å². The van der Waals surface area contributed by atoms with Gasteiger partial charge in [0, 0.05) is 37.6 Å². The number of thiophene rings is 1. The van der Waals surface area contributed by atoms with Crippen molar-refractivity contribution in [1.29, 1.82) is 0 Å². The van der Waals surface area contributed by atoms with Crippen LogP contribution in [0.4, 0.5) is 0 Å². The first-order valence-corrected chi connectivity index (χ1v) is 10.8. The molecule has 10 heteroatoms. The minimum atomic E-state index is -0.219. The van der Waals surface area contributed by atoms with Crippen LogP contribution in [0.3, 0.4) is 0 Å². The summed E-state index contributed by atoms with van der Waals surface area (Å²) in [6.45, 7) is 7.87. The summed E-state index contributed by atoms with van der Waals surface area (Å²) in [5.41, 5.74) is 0. The molecule has 0 aromatic carbocycles. The molecule has 3 heterocycles. The number of nitrogens with one attached hydrogen (secondary N) is 3. The molecule has 166 valence electrons. The average Bonchev–Trinajstić information content (AvgIpc) is 3.46. The van der Waals surface area contributed by atoms with Crippen LogP contribution in [-0.2, 0) is 4.74 Å². The summed E-state index contributed by atoms with van der Waals surface area (Å²) >= 11 is 1.76. The van der Waals surface area contributed by atoms with E-state index in [0.29, 0.717) is 25.4 Å². The SMILES string of the molecule is CCNC(=NCC(c1cccs1)N1CCOCC1)NCCNC(=O)c1ccco1.I. The molecule has 1 fully saturated rings. The van der Waals surface area contributed by atoms with Crippen molar-refractivity contribution in [3.05, 3.63) is 46.5 Å². The quantitative estimate of drug-likeness (QED) is 0.193. The fraction of sp³-hybridized carbons (Fsp3) is 0.500. The maximum absolute atomic E-state index is 11.9. The first-order valence-electron chi connectivity index (χ1n) is 9.97. The molecule has 2 aromatic rings. The van der Waals surface area contributed by atoms with E-state index >= 15 is 0 Å². The first kappa shape index (κ1) is 24.6. The number of hydrogen-bond donors (Lipinski definition) is 3. The molecule has 1 amide bonds. The van der Waals surface area contributed by atoms with Gasteiger partial charge in [-0.25, -0.2) is 0 Å². The van der Waals surface area contributed by atoms with E-state index in [1.54, 1.807) is 23.5 Å². The largest absolute Gasteiger partial charge is 0.459 e. The molecule has 0 radical (unpaired) electrons. The number of carbonyl (C=O) groups is 1. The standard InChI is InChI=1S/C20H29N5O3S.HI/c1-2-21-20(23-8-7-22-19(26)17-5-3-11-28-17)24-15-16(18-6-4-14-29-18)25-9-12-27-13-10-25;/h3-6,11,14,16H,2,7-10,12-13,15H2,1H3,(H,22,26)(H2,21,23,24);1H. The number of aliphatic imine (C=N–C) groups is 1. The second-order valence-electron chi connectivity index (χ2n) is 6.56. The average molecular weight is 547 g/mol. The van der Waals surface area contributed by atoms with E-state index in [1.165, 1.54) is 11.1 Å². The van der Waals surface area contributed by atoms with Gasteiger partial charge in [-0.3, -0.25) is 14.7 Å². The smallest absolute Gasteiger partial charge is 0.287 e. The van der Waals surface area contributed by atoms with Crippen molar-refractivity contribution in [2.75, 3.05) is 52.5 Å². The molecular weight excluding hydrogens is 517 g/mol. The van der Waals surface area contributed by atoms with Gasteiger partial charge in [0.25, 0.3) is 5.91 Å². The van der Waals surface area contributed by atoms with Crippen LogP contribution in [0.25, 0.3) is 0 Å². The highest BCUT2D eigenvalue weighted by atomic mass is 127. The number of halogens is 1. The molecule has 0 aliphatic carbocycles. The zero-order chi connectivity index (χ0) is 20.3. The summed E-state index contributed by atoms with van der Waals surface area (Å²) in [4.78, 5) is 20.5. The van der Waals surface area contributed by atoms with Gasteiger partial charge in [0.15, 0.2) is 11.7 Å². The predicted octanol–water partition coefficient (Wildman–Crippen LogP) is 2.32. The van der Waals surface area contributed by atoms with Crippen LogP contribution < -0.4 is 16.0 Å². The Morgan fingerprint density at radius 1 is 1.20 bits per heavy atom. The van der Waals surface area contributed by atoms with E-state index < -0.39 is 0 Å². The highest BCUT2D eigenvalue weighted by molar-refractivity contribution is 14.0. The van der Waals surface area contributed by atoms with Crippen molar-refractivity contribution >= 4 is 47.2 Å². The Morgan fingerprint density at radius 3 is 2.67 bits per heavy atom. The molecule has 1 atom stereocenters. The summed E-state index contributed by atoms with van der Waals surface area (Å²) in [5.74, 6) is 0.841. The first-order chi connectivity index (χ1) is 14.3. The van der Waals surface area contributed by atoms with E-state index in [-0.39, 0.29) is 35.9 Å². The van der Waals surface area contributed by atoms with Gasteiger partial charge in [0.2, 0.25) is 0 Å². The molecule has 8 nitrogen and oxygen atoms in total. The molecule has 2 aromatic heterocycles. The third-order valence-corrected chi connectivity index (χ3v) is 5.55. The number of ether oxygens (including phenoxy) is 1. The number of amides is 1. The Balaban J connectivity index is 0.00000320. The fourth-order valence-corrected chi connectivity index (χ4v) is 3.98. The van der Waals surface area contributed by atoms with Crippen molar-refractivity contribution < 1.29 is 13.9 Å². The highest BCUT2D eigenvalue weighted by Crippen LogP contribution is 2.26. The molecule has 1 saturated heterocycles. The van der Waals surface area contributed by atoms with Gasteiger partial charge in [-0.15, -0.1) is 35.3 Å². The van der Waals surface area contributed by atoms with E-state index in [9.17, 15) is 4.79 Å². The van der Waals surface area contributed by atoms with Crippen LogP contribution in [0.5, 0.6) is 0 Å². The van der Waals surface area contributed by atoms with Gasteiger partial charge >= 0.3 is 0 Å². The van der Waals surface area contributed by atoms with Gasteiger partial charge in [0.05, 0.1) is 32.1 Å². The van der Waals surface area contributed by atoms with Crippen LogP contribution in [-0.4, -0.2) is 69.2 Å². The van der Waals surface area contributed by atoms with Gasteiger partial charge in [0.1, 0.15) is 0 Å². The monoisotopic (exact) mass is 547 g/mol. The van der Waals surface area contributed by atoms with Gasteiger partial charge in [-0.05, 0) is 30.5 Å². The second kappa shape index (κ2) is 13.6. The Labute approximate surface area is 198 Å². The molecular formula is C20H30IN5O3S. The molecule has 0 bridgehead atoms. The van der Waals surface area contributed by atoms with Crippen molar-refractivity contribution in [2.24, 2.45) is 4.99 Å². The van der Waals surface area contributed by atoms with Gasteiger partial charge < -0.3 is 25.1 Å². The van der Waals surface area contributed by atoms with E-state index in [2.05, 4.69) is 38.4 Å². The lowest BCUT2D eigenvalue weighted by molar-refractivity contribution is 0.0186. The number of rotatable bonds is 9. The lowest BCUT2D eigenvalue weighted by Crippen LogP contribution is -2.43. The number of guanidine groups is 1. The zero-order valence-electron chi connectivity index (χ0n) is 17.1. The summed E-state index contributed by atoms with van der Waals surface area (Å²) in [7, 11) is 0. The van der Waals surface area contributed by atoms with Crippen LogP contribution >= 0.6 is 35.3 Å². The Kier molecular flexibility index (Phi) is 11.2. The molecule has 0 spiro atoms. The number of morpholine rings is 1. The van der Waals surface area contributed by atoms with E-state index in [1.807, 2.05) is 6.92 Å². The van der Waals surface area contributed by atoms with Crippen molar-refractivity contribution in [3.8, 4) is 0 Å². The van der Waals surface area contributed by atoms with Crippen LogP contribution in [0.15, 0.2) is 45.3 Å². The molecule has 1 aliphatic rings. The van der Waals surface area contributed by atoms with Crippen molar-refractivity contribution in [1.82, 2.24) is 20.9 Å². The predicted molar refractivity (Wildman–Crippen MR) is 130 cm³/mol. The maximum Gasteiger partial charge on any atom is 0.287 e. The molecule has 1 unspecified atom stereocenters. The summed E-state index contributed by atoms with van der Waals surface area (Å²) in [5, 5.41) is 11.5. The lowest BCUT2D eigenvalue weighted by Gasteiger charge is -2.33. The highest BCUT2D eigenvalue weighted by Gasteiger charge is 2.23. The minimum Gasteiger partial charge on any atom is -0.459 e. The topological polar surface area (TPSA) is 91.1 Å². The normalized spacial score (nSPS) is 15.8. The third kappa shape index (κ3) is 7.56. The third-order valence-electron chi connectivity index (χ3n) is 4.57. The Morgan fingerprint density at radius 2 is 2.00 bits per heavy atom. The summed E-state index contributed by atoms with van der Waals surface area (Å²) < 4.78 is 10.6. The molecule has 1 aliphatic heterocycles. The molecule has 3 N–H and O–H groups in total. The van der Waals surface area contributed by atoms with E-state index in [0.717, 1.165) is 38.8 Å². The Bertz CT molecular complexity index is 749. The van der Waals surface area contributed by atoms with Gasteiger partial charge in [-0.2, -0.15) is 0 Å². The number of furan rings is 1. The number of hydrogen-bond acceptors (Lipinski definition) is 6. The lowest BCUT2D eigenvalue weighted by atomic mass is 10.2. The summed E-state index contributed by atoms with van der Waals surface area (Å²) in [6.07, 6.45) is 1.49. The Hall–Kier alpha value is -1.63. The zero-order valence-corrected chi connectivity index (χ0v) is 20.3. The van der Waals surface area contributed by atoms with Crippen molar-refractivity contribution in [3.63, 3.8) is 0 Å². The van der Waals surface area contributed by atoms with Crippen LogP contribution in [0, 0.1) is 0 Å². The van der Waals surface area contributed by atoms with Crippen LogP contribution in [0.2, 0.25) is 0 Å². The second-order valence-corrected chi connectivity index (χ2v) is 7.54. The van der Waals surface area contributed by atoms with E-state index in [4.69, 9.17) is 14.1 Å². The molecule has 0 saturated carbocycles. The minimum absolute atomic E-state index is 0. The molecule has 30 heavy (non-hydrogen) atoms. The van der Waals surface area contributed by atoms with Gasteiger partial charge in [-0.1, -0.05) is 6.07 Å². The number of carbonyl (C=O) groups excluding carboxylic acids is 1. The maximum atomic E-state index is 11.9. The molecule has 3 rings (SSSR count).